The summed E-state index contributed by atoms with van der Waals surface area (Å²) in [6, 6.07) is 3.29. The van der Waals surface area contributed by atoms with E-state index in [9.17, 15) is 0 Å². The summed E-state index contributed by atoms with van der Waals surface area (Å²) in [6.45, 7) is 2.28. The van der Waals surface area contributed by atoms with Crippen LogP contribution in [0.15, 0.2) is 18.5 Å². The number of aromatic nitrogens is 1. The Balaban J connectivity index is 1.84. The normalized spacial score (nSPS) is 28.9. The fourth-order valence-electron chi connectivity index (χ4n) is 3.15. The second-order valence-electron chi connectivity index (χ2n) is 4.93. The molecular weight excluding hydrogens is 234 g/mol. The van der Waals surface area contributed by atoms with Crippen LogP contribution in [0.3, 0.4) is 0 Å². The molecule has 0 aromatic carbocycles. The minimum atomic E-state index is 0.609. The lowest BCUT2D eigenvalue weighted by molar-refractivity contribution is 0.483. The molecule has 2 saturated heterocycles. The van der Waals surface area contributed by atoms with E-state index in [1.165, 1.54) is 32.2 Å². The number of pyridine rings is 1. The highest BCUT2D eigenvalue weighted by Crippen LogP contribution is 2.33. The van der Waals surface area contributed by atoms with Gasteiger partial charge in [0.2, 0.25) is 0 Å². The van der Waals surface area contributed by atoms with Gasteiger partial charge in [-0.3, -0.25) is 4.98 Å². The number of rotatable bonds is 2. The molecular formula is C13H18ClN3. The van der Waals surface area contributed by atoms with Crippen molar-refractivity contribution in [2.75, 3.05) is 18.0 Å². The maximum Gasteiger partial charge on any atom is 0.0822 e. The lowest BCUT2D eigenvalue weighted by Gasteiger charge is -2.31. The van der Waals surface area contributed by atoms with Gasteiger partial charge in [0.15, 0.2) is 0 Å². The molecule has 3 heterocycles. The zero-order valence-corrected chi connectivity index (χ0v) is 10.7. The minimum absolute atomic E-state index is 0.609. The zero-order valence-electron chi connectivity index (χ0n) is 9.90. The van der Waals surface area contributed by atoms with E-state index in [1.807, 2.05) is 12.3 Å². The molecule has 1 aromatic rings. The largest absolute Gasteiger partial charge is 0.366 e. The summed E-state index contributed by atoms with van der Waals surface area (Å²) in [4.78, 5) is 6.53. The molecule has 2 aliphatic heterocycles. The summed E-state index contributed by atoms with van der Waals surface area (Å²) < 4.78 is 0. The summed E-state index contributed by atoms with van der Waals surface area (Å²) in [7, 11) is 0. The fraction of sp³-hybridized carbons (Fsp3) is 0.615. The molecule has 0 saturated carbocycles. The Labute approximate surface area is 107 Å². The second kappa shape index (κ2) is 4.83. The number of hydrogen-bond donors (Lipinski definition) is 1. The molecule has 1 aromatic heterocycles. The van der Waals surface area contributed by atoms with Gasteiger partial charge in [-0.05, 0) is 38.3 Å². The summed E-state index contributed by atoms with van der Waals surface area (Å²) >= 11 is 6.25. The van der Waals surface area contributed by atoms with E-state index in [2.05, 4.69) is 15.2 Å². The third-order valence-corrected chi connectivity index (χ3v) is 4.21. The highest BCUT2D eigenvalue weighted by molar-refractivity contribution is 6.33. The van der Waals surface area contributed by atoms with Gasteiger partial charge in [-0.2, -0.15) is 0 Å². The average Bonchev–Trinajstić information content (AvgIpc) is 3.00. The van der Waals surface area contributed by atoms with Gasteiger partial charge in [-0.15, -0.1) is 0 Å². The molecule has 0 bridgehead atoms. The van der Waals surface area contributed by atoms with Crippen molar-refractivity contribution in [3.63, 3.8) is 0 Å². The molecule has 3 nitrogen and oxygen atoms in total. The lowest BCUT2D eigenvalue weighted by Crippen LogP contribution is -2.44. The quantitative estimate of drug-likeness (QED) is 0.875. The Morgan fingerprint density at radius 1 is 1.35 bits per heavy atom. The zero-order chi connectivity index (χ0) is 11.7. The van der Waals surface area contributed by atoms with Gasteiger partial charge in [-0.1, -0.05) is 11.6 Å². The van der Waals surface area contributed by atoms with E-state index in [0.717, 1.165) is 17.3 Å². The molecule has 0 spiro atoms. The Kier molecular flexibility index (Phi) is 3.21. The van der Waals surface area contributed by atoms with Crippen LogP contribution in [0.5, 0.6) is 0 Å². The predicted octanol–water partition coefficient (Wildman–Crippen LogP) is 2.46. The van der Waals surface area contributed by atoms with Crippen molar-refractivity contribution in [3.8, 4) is 0 Å². The second-order valence-corrected chi connectivity index (χ2v) is 5.34. The van der Waals surface area contributed by atoms with Crippen LogP contribution in [0.4, 0.5) is 5.69 Å². The van der Waals surface area contributed by atoms with Crippen molar-refractivity contribution in [3.05, 3.63) is 23.5 Å². The van der Waals surface area contributed by atoms with Crippen molar-refractivity contribution >= 4 is 17.3 Å². The van der Waals surface area contributed by atoms with E-state index < -0.39 is 0 Å². The van der Waals surface area contributed by atoms with E-state index in [1.54, 1.807) is 6.20 Å². The topological polar surface area (TPSA) is 28.2 Å². The van der Waals surface area contributed by atoms with Gasteiger partial charge in [0.05, 0.1) is 10.7 Å². The van der Waals surface area contributed by atoms with Crippen molar-refractivity contribution < 1.29 is 0 Å². The van der Waals surface area contributed by atoms with Gasteiger partial charge in [0, 0.05) is 31.0 Å². The van der Waals surface area contributed by atoms with Crippen LogP contribution in [0, 0.1) is 0 Å². The maximum absolute atomic E-state index is 6.25. The Morgan fingerprint density at radius 2 is 2.29 bits per heavy atom. The standard InChI is InChI=1S/C13H18ClN3/c14-10-9-15-7-5-12(10)17-8-2-4-13(17)11-3-1-6-16-11/h5,7,9,11,13,16H,1-4,6,8H2. The monoisotopic (exact) mass is 251 g/mol. The van der Waals surface area contributed by atoms with Gasteiger partial charge < -0.3 is 10.2 Å². The van der Waals surface area contributed by atoms with Crippen LogP contribution in [0.2, 0.25) is 5.02 Å². The summed E-state index contributed by atoms with van der Waals surface area (Å²) in [5, 5.41) is 4.39. The van der Waals surface area contributed by atoms with Crippen LogP contribution in [0.25, 0.3) is 0 Å². The number of nitrogens with one attached hydrogen (secondary N) is 1. The highest BCUT2D eigenvalue weighted by atomic mass is 35.5. The lowest BCUT2D eigenvalue weighted by atomic mass is 10.0. The van der Waals surface area contributed by atoms with Gasteiger partial charge in [0.25, 0.3) is 0 Å². The van der Waals surface area contributed by atoms with E-state index in [4.69, 9.17) is 11.6 Å². The van der Waals surface area contributed by atoms with E-state index in [0.29, 0.717) is 12.1 Å². The minimum Gasteiger partial charge on any atom is -0.366 e. The first kappa shape index (κ1) is 11.3. The van der Waals surface area contributed by atoms with Gasteiger partial charge in [-0.25, -0.2) is 0 Å². The van der Waals surface area contributed by atoms with Crippen molar-refractivity contribution in [2.45, 2.75) is 37.8 Å². The van der Waals surface area contributed by atoms with E-state index in [-0.39, 0.29) is 0 Å². The van der Waals surface area contributed by atoms with Gasteiger partial charge >= 0.3 is 0 Å². The molecule has 2 aliphatic rings. The average molecular weight is 252 g/mol. The van der Waals surface area contributed by atoms with Crippen LogP contribution in [0.1, 0.15) is 25.7 Å². The molecule has 2 atom stereocenters. The first-order valence-electron chi connectivity index (χ1n) is 6.46. The number of halogens is 1. The molecule has 3 rings (SSSR count). The van der Waals surface area contributed by atoms with Crippen LogP contribution in [-0.4, -0.2) is 30.2 Å². The SMILES string of the molecule is Clc1cnccc1N1CCCC1C1CCCN1. The first-order valence-corrected chi connectivity index (χ1v) is 6.83. The Hall–Kier alpha value is -0.800. The number of nitrogens with zero attached hydrogens (tertiary/aromatic N) is 2. The third-order valence-electron chi connectivity index (χ3n) is 3.92. The molecule has 0 aliphatic carbocycles. The highest BCUT2D eigenvalue weighted by Gasteiger charge is 2.33. The van der Waals surface area contributed by atoms with Crippen LogP contribution >= 0.6 is 11.6 Å². The number of hydrogen-bond acceptors (Lipinski definition) is 3. The summed E-state index contributed by atoms with van der Waals surface area (Å²) in [5.41, 5.74) is 1.15. The third kappa shape index (κ3) is 2.14. The van der Waals surface area contributed by atoms with Crippen LogP contribution in [-0.2, 0) is 0 Å². The number of anilines is 1. The van der Waals surface area contributed by atoms with Crippen molar-refractivity contribution in [2.24, 2.45) is 0 Å². The molecule has 0 radical (unpaired) electrons. The fourth-order valence-corrected chi connectivity index (χ4v) is 3.38. The van der Waals surface area contributed by atoms with E-state index >= 15 is 0 Å². The maximum atomic E-state index is 6.25. The van der Waals surface area contributed by atoms with Crippen molar-refractivity contribution in [1.29, 1.82) is 0 Å². The molecule has 2 unspecified atom stereocenters. The predicted molar refractivity (Wildman–Crippen MR) is 70.6 cm³/mol. The Morgan fingerprint density at radius 3 is 3.06 bits per heavy atom. The van der Waals surface area contributed by atoms with Crippen molar-refractivity contribution in [1.82, 2.24) is 10.3 Å². The van der Waals surface area contributed by atoms with Crippen LogP contribution < -0.4 is 10.2 Å². The molecule has 1 N–H and O–H groups in total. The molecule has 4 heteroatoms. The molecule has 0 amide bonds. The smallest absolute Gasteiger partial charge is 0.0822 e. The summed E-state index contributed by atoms with van der Waals surface area (Å²) in [5.74, 6) is 0. The van der Waals surface area contributed by atoms with Gasteiger partial charge in [0.1, 0.15) is 0 Å². The Bertz CT molecular complexity index is 390. The summed E-state index contributed by atoms with van der Waals surface area (Å²) in [6.07, 6.45) is 8.72. The molecule has 2 fully saturated rings. The molecule has 17 heavy (non-hydrogen) atoms. The first-order chi connectivity index (χ1) is 8.36. The molecule has 92 valence electrons.